The number of benzene rings is 2. The van der Waals surface area contributed by atoms with Crippen LogP contribution in [0, 0.1) is 0 Å². The molecule has 0 aliphatic heterocycles. The normalized spacial score (nSPS) is 14.5. The van der Waals surface area contributed by atoms with Gasteiger partial charge in [0.15, 0.2) is 6.10 Å². The van der Waals surface area contributed by atoms with Gasteiger partial charge >= 0.3 is 0 Å². The average molecular weight is 378 g/mol. The summed E-state index contributed by atoms with van der Waals surface area (Å²) in [6.45, 7) is 2.11. The predicted octanol–water partition coefficient (Wildman–Crippen LogP) is 4.96. The van der Waals surface area contributed by atoms with Crippen LogP contribution in [-0.2, 0) is 24.2 Å². The van der Waals surface area contributed by atoms with Crippen LogP contribution in [0.5, 0.6) is 5.75 Å². The van der Waals surface area contributed by atoms with Gasteiger partial charge in [-0.05, 0) is 67.5 Å². The maximum atomic E-state index is 12.4. The minimum absolute atomic E-state index is 0.167. The highest BCUT2D eigenvalue weighted by Crippen LogP contribution is 2.30. The lowest BCUT2D eigenvalue weighted by molar-refractivity contribution is -0.127. The van der Waals surface area contributed by atoms with Crippen LogP contribution in [0.4, 0.5) is 0 Å². The summed E-state index contributed by atoms with van der Waals surface area (Å²) in [7, 11) is 0. The second-order valence-electron chi connectivity index (χ2n) is 6.31. The zero-order valence-electron chi connectivity index (χ0n) is 14.1. The Morgan fingerprint density at radius 1 is 1.20 bits per heavy atom. The Hall–Kier alpha value is -1.71. The molecule has 3 rings (SSSR count). The van der Waals surface area contributed by atoms with Crippen LogP contribution in [0.15, 0.2) is 36.4 Å². The van der Waals surface area contributed by atoms with Gasteiger partial charge in [0.25, 0.3) is 5.91 Å². The number of halogens is 2. The number of hydrogen-bond donors (Lipinski definition) is 1. The van der Waals surface area contributed by atoms with Gasteiger partial charge in [-0.15, -0.1) is 0 Å². The molecule has 3 nitrogen and oxygen atoms in total. The summed E-state index contributed by atoms with van der Waals surface area (Å²) in [5.74, 6) is 0.656. The van der Waals surface area contributed by atoms with Gasteiger partial charge in [0, 0.05) is 16.6 Å². The molecule has 1 amide bonds. The van der Waals surface area contributed by atoms with E-state index in [1.807, 2.05) is 18.2 Å². The van der Waals surface area contributed by atoms with E-state index in [0.29, 0.717) is 16.6 Å². The van der Waals surface area contributed by atoms with E-state index in [-0.39, 0.29) is 5.91 Å². The highest BCUT2D eigenvalue weighted by Gasteiger charge is 2.19. The lowest BCUT2D eigenvalue weighted by atomic mass is 9.91. The summed E-state index contributed by atoms with van der Waals surface area (Å²) < 4.78 is 5.95. The van der Waals surface area contributed by atoms with E-state index in [9.17, 15) is 4.79 Å². The molecular formula is C20H21Cl2NO2. The molecule has 2 aromatic rings. The number of amides is 1. The van der Waals surface area contributed by atoms with Crippen molar-refractivity contribution in [1.29, 1.82) is 0 Å². The minimum Gasteiger partial charge on any atom is -0.481 e. The van der Waals surface area contributed by atoms with Gasteiger partial charge in [-0.1, -0.05) is 41.4 Å². The molecule has 0 radical (unpaired) electrons. The molecule has 1 unspecified atom stereocenters. The average Bonchev–Trinajstić information content (AvgIpc) is 2.61. The lowest BCUT2D eigenvalue weighted by Gasteiger charge is -2.22. The van der Waals surface area contributed by atoms with Crippen LogP contribution in [0.25, 0.3) is 0 Å². The Balaban J connectivity index is 1.61. The van der Waals surface area contributed by atoms with Gasteiger partial charge in [-0.3, -0.25) is 4.79 Å². The van der Waals surface area contributed by atoms with E-state index in [1.165, 1.54) is 24.0 Å². The molecule has 5 heteroatoms. The smallest absolute Gasteiger partial charge is 0.261 e. The number of carbonyl (C=O) groups is 1. The second-order valence-corrected chi connectivity index (χ2v) is 7.16. The van der Waals surface area contributed by atoms with Crippen molar-refractivity contribution in [2.45, 2.75) is 45.3 Å². The highest BCUT2D eigenvalue weighted by atomic mass is 35.5. The van der Waals surface area contributed by atoms with E-state index in [2.05, 4.69) is 11.4 Å². The summed E-state index contributed by atoms with van der Waals surface area (Å²) in [6, 6.07) is 11.3. The Morgan fingerprint density at radius 2 is 2.00 bits per heavy atom. The van der Waals surface area contributed by atoms with E-state index >= 15 is 0 Å². The van der Waals surface area contributed by atoms with Crippen LogP contribution in [-0.4, -0.2) is 12.0 Å². The van der Waals surface area contributed by atoms with E-state index in [4.69, 9.17) is 27.9 Å². The number of rotatable bonds is 5. The third-order valence-electron chi connectivity index (χ3n) is 4.49. The molecule has 0 spiro atoms. The van der Waals surface area contributed by atoms with Gasteiger partial charge < -0.3 is 10.1 Å². The van der Waals surface area contributed by atoms with Crippen molar-refractivity contribution < 1.29 is 9.53 Å². The standard InChI is InChI=1S/C20H21Cl2NO2/c1-13(20(24)23-12-15-9-10-16(21)11-18(15)22)25-19-8-4-6-14-5-2-3-7-17(14)19/h4,6,8-11,13H,2-3,5,7,12H2,1H3,(H,23,24). The molecule has 132 valence electrons. The summed E-state index contributed by atoms with van der Waals surface area (Å²) in [6.07, 6.45) is 3.92. The fraction of sp³-hybridized carbons (Fsp3) is 0.350. The summed E-state index contributed by atoms with van der Waals surface area (Å²) in [5.41, 5.74) is 3.40. The summed E-state index contributed by atoms with van der Waals surface area (Å²) >= 11 is 12.0. The van der Waals surface area contributed by atoms with Crippen molar-refractivity contribution in [1.82, 2.24) is 5.32 Å². The van der Waals surface area contributed by atoms with Crippen molar-refractivity contribution in [2.75, 3.05) is 0 Å². The Labute approximate surface area is 158 Å². The van der Waals surface area contributed by atoms with Gasteiger partial charge in [-0.2, -0.15) is 0 Å². The number of nitrogens with one attached hydrogen (secondary N) is 1. The fourth-order valence-electron chi connectivity index (χ4n) is 3.09. The fourth-order valence-corrected chi connectivity index (χ4v) is 3.57. The van der Waals surface area contributed by atoms with Crippen molar-refractivity contribution >= 4 is 29.1 Å². The number of ether oxygens (including phenoxy) is 1. The molecule has 0 fully saturated rings. The molecule has 0 aromatic heterocycles. The van der Waals surface area contributed by atoms with Crippen LogP contribution in [0.3, 0.4) is 0 Å². The first-order valence-electron chi connectivity index (χ1n) is 8.53. The molecule has 0 heterocycles. The maximum absolute atomic E-state index is 12.4. The Bertz CT molecular complexity index is 776. The quantitative estimate of drug-likeness (QED) is 0.799. The topological polar surface area (TPSA) is 38.3 Å². The number of aryl methyl sites for hydroxylation is 1. The monoisotopic (exact) mass is 377 g/mol. The molecule has 25 heavy (non-hydrogen) atoms. The SMILES string of the molecule is CC(Oc1cccc2c1CCCC2)C(=O)NCc1ccc(Cl)cc1Cl. The molecule has 0 saturated carbocycles. The molecule has 2 aromatic carbocycles. The van der Waals surface area contributed by atoms with Gasteiger partial charge in [0.05, 0.1) is 0 Å². The zero-order valence-corrected chi connectivity index (χ0v) is 15.7. The molecule has 1 aliphatic carbocycles. The predicted molar refractivity (Wildman–Crippen MR) is 101 cm³/mol. The molecule has 1 atom stereocenters. The highest BCUT2D eigenvalue weighted by molar-refractivity contribution is 6.35. The van der Waals surface area contributed by atoms with Crippen molar-refractivity contribution in [3.63, 3.8) is 0 Å². The summed E-state index contributed by atoms with van der Waals surface area (Å²) in [4.78, 5) is 12.4. The lowest BCUT2D eigenvalue weighted by Crippen LogP contribution is -2.36. The first-order valence-corrected chi connectivity index (χ1v) is 9.29. The zero-order chi connectivity index (χ0) is 17.8. The third kappa shape index (κ3) is 4.47. The van der Waals surface area contributed by atoms with Crippen LogP contribution >= 0.6 is 23.2 Å². The first-order chi connectivity index (χ1) is 12.0. The van der Waals surface area contributed by atoms with Crippen molar-refractivity contribution in [3.05, 3.63) is 63.1 Å². The first kappa shape index (κ1) is 18.1. The van der Waals surface area contributed by atoms with Crippen molar-refractivity contribution in [3.8, 4) is 5.75 Å². The van der Waals surface area contributed by atoms with Crippen LogP contribution < -0.4 is 10.1 Å². The number of carbonyl (C=O) groups excluding carboxylic acids is 1. The molecule has 0 bridgehead atoms. The summed E-state index contributed by atoms with van der Waals surface area (Å²) in [5, 5.41) is 3.98. The van der Waals surface area contributed by atoms with E-state index in [0.717, 1.165) is 24.2 Å². The minimum atomic E-state index is -0.570. The van der Waals surface area contributed by atoms with Crippen LogP contribution in [0.1, 0.15) is 36.5 Å². The van der Waals surface area contributed by atoms with Crippen molar-refractivity contribution in [2.24, 2.45) is 0 Å². The Kier molecular flexibility index (Phi) is 5.87. The molecule has 1 N–H and O–H groups in total. The van der Waals surface area contributed by atoms with E-state index in [1.54, 1.807) is 19.1 Å². The maximum Gasteiger partial charge on any atom is 0.261 e. The molecule has 0 saturated heterocycles. The van der Waals surface area contributed by atoms with E-state index < -0.39 is 6.10 Å². The van der Waals surface area contributed by atoms with Gasteiger partial charge in [-0.25, -0.2) is 0 Å². The number of fused-ring (bicyclic) bond motifs is 1. The number of hydrogen-bond acceptors (Lipinski definition) is 2. The molecular weight excluding hydrogens is 357 g/mol. The Morgan fingerprint density at radius 3 is 2.80 bits per heavy atom. The van der Waals surface area contributed by atoms with Gasteiger partial charge in [0.1, 0.15) is 5.75 Å². The largest absolute Gasteiger partial charge is 0.481 e. The third-order valence-corrected chi connectivity index (χ3v) is 5.08. The van der Waals surface area contributed by atoms with Crippen LogP contribution in [0.2, 0.25) is 10.0 Å². The van der Waals surface area contributed by atoms with Gasteiger partial charge in [0.2, 0.25) is 0 Å². The molecule has 1 aliphatic rings. The second kappa shape index (κ2) is 8.11.